The van der Waals surface area contributed by atoms with E-state index in [2.05, 4.69) is 387 Å². The van der Waals surface area contributed by atoms with Gasteiger partial charge in [0.05, 0.1) is 0 Å². The third kappa shape index (κ3) is 41.3. The molecule has 0 amide bonds. The van der Waals surface area contributed by atoms with Crippen molar-refractivity contribution in [3.05, 3.63) is 359 Å². The molecule has 4 bridgehead atoms. The maximum Gasteiger partial charge on any atom is 0.0474 e. The van der Waals surface area contributed by atoms with Gasteiger partial charge in [-0.15, -0.1) is 0 Å². The van der Waals surface area contributed by atoms with Gasteiger partial charge < -0.3 is 0 Å². The fourth-order valence-electron chi connectivity index (χ4n) is 15.2. The van der Waals surface area contributed by atoms with Crippen molar-refractivity contribution in [2.75, 3.05) is 0 Å². The Balaban J connectivity index is -0.000000628. The van der Waals surface area contributed by atoms with E-state index in [4.69, 9.17) is 0 Å². The molecular formula is C117H178. The zero-order chi connectivity index (χ0) is 89.6. The Morgan fingerprint density at radius 2 is 0.436 bits per heavy atom. The lowest BCUT2D eigenvalue weighted by molar-refractivity contribution is -0.00519. The zero-order valence-corrected chi connectivity index (χ0v) is 82.0. The van der Waals surface area contributed by atoms with E-state index < -0.39 is 0 Å². The summed E-state index contributed by atoms with van der Waals surface area (Å²) in [5.41, 5.74) is 15.9. The molecule has 11 aromatic carbocycles. The molecule has 0 saturated heterocycles. The Morgan fingerprint density at radius 3 is 0.667 bits per heavy atom. The molecule has 0 aromatic heterocycles. The standard InChI is InChI=1S/C22H22.C19H26.C16H18.C15H16.C10H8.C9H12.C4H10.11C2H6/c1-18(2)22(19-12-6-3-7-13-19,20-14-8-4-9-15-20)21-16-10-5-11-17-21;1-13(2)17-3-5-18(6-4-17)19-10-14-7-15(11-19)9-16(8-14)12-19;1-13(2)16(14-9-5-3-6-10-14)15-11-7-4-8-12-15;1-12(2)13-8-10-15(11-9-13)14-6-4-3-5-7-14;1-2-6-10-8-4-3-7-9(10)5-1;1-8(2)9-6-4-3-5-7-9;1-4(2)3;11*1-2/h3-18H,1-2H3;3-6,13-16H,7-12H2,1-2H3;3-13,16H,1-2H3;3-12H,1-2H3;1-8H;3-8H,1-2H3;4H,1-3H3;11*1-2H3. The summed E-state index contributed by atoms with van der Waals surface area (Å²) in [6, 6.07) is 110. The Morgan fingerprint density at radius 1 is 0.231 bits per heavy atom. The lowest BCUT2D eigenvalue weighted by Gasteiger charge is -2.57. The first kappa shape index (κ1) is 115. The van der Waals surface area contributed by atoms with Crippen molar-refractivity contribution in [1.29, 1.82) is 0 Å². The van der Waals surface area contributed by atoms with E-state index >= 15 is 0 Å². The summed E-state index contributed by atoms with van der Waals surface area (Å²) < 4.78 is 0. The minimum atomic E-state index is -0.121. The first-order chi connectivity index (χ1) is 57.0. The topological polar surface area (TPSA) is 0 Å². The van der Waals surface area contributed by atoms with Crippen LogP contribution >= 0.6 is 0 Å². The van der Waals surface area contributed by atoms with E-state index in [9.17, 15) is 0 Å². The van der Waals surface area contributed by atoms with E-state index in [-0.39, 0.29) is 5.41 Å². The molecule has 15 rings (SSSR count). The molecule has 0 aliphatic heterocycles. The summed E-state index contributed by atoms with van der Waals surface area (Å²) in [4.78, 5) is 0. The van der Waals surface area contributed by atoms with E-state index in [0.29, 0.717) is 40.9 Å². The average Bonchev–Trinajstić information content (AvgIpc) is 0.744. The van der Waals surface area contributed by atoms with Gasteiger partial charge in [0, 0.05) is 11.3 Å². The van der Waals surface area contributed by atoms with E-state index in [1.165, 1.54) is 85.7 Å². The molecule has 4 aliphatic carbocycles. The molecule has 4 fully saturated rings. The largest absolute Gasteiger partial charge is 0.0683 e. The lowest BCUT2D eigenvalue weighted by Crippen LogP contribution is -2.48. The van der Waals surface area contributed by atoms with Gasteiger partial charge in [-0.3, -0.25) is 0 Å². The van der Waals surface area contributed by atoms with Crippen LogP contribution in [0.3, 0.4) is 0 Å². The van der Waals surface area contributed by atoms with Crippen LogP contribution in [0.1, 0.15) is 355 Å². The van der Waals surface area contributed by atoms with Crippen molar-refractivity contribution in [2.24, 2.45) is 35.5 Å². The summed E-state index contributed by atoms with van der Waals surface area (Å²) in [5.74, 6) is 7.47. The van der Waals surface area contributed by atoms with Crippen LogP contribution in [0.4, 0.5) is 0 Å². The Kier molecular flexibility index (Phi) is 71.6. The van der Waals surface area contributed by atoms with E-state index in [1.807, 2.05) is 164 Å². The summed E-state index contributed by atoms with van der Waals surface area (Å²) in [5, 5.41) is 2.62. The van der Waals surface area contributed by atoms with Gasteiger partial charge in [0.2, 0.25) is 0 Å². The van der Waals surface area contributed by atoms with Crippen LogP contribution in [-0.2, 0) is 10.8 Å². The van der Waals surface area contributed by atoms with Crippen molar-refractivity contribution >= 4 is 10.8 Å². The predicted octanol–water partition coefficient (Wildman–Crippen LogP) is 38.5. The molecule has 0 heteroatoms. The Bertz CT molecular complexity index is 3590. The number of fused-ring (bicyclic) bond motifs is 1. The highest BCUT2D eigenvalue weighted by atomic mass is 14.6. The third-order valence-electron chi connectivity index (χ3n) is 19.6. The van der Waals surface area contributed by atoms with Gasteiger partial charge >= 0.3 is 0 Å². The van der Waals surface area contributed by atoms with Crippen LogP contribution in [-0.4, -0.2) is 0 Å². The number of hydrogen-bond donors (Lipinski definition) is 0. The van der Waals surface area contributed by atoms with Gasteiger partial charge in [0.1, 0.15) is 0 Å². The molecule has 646 valence electrons. The molecule has 0 heterocycles. The molecule has 0 N–H and O–H groups in total. The summed E-state index contributed by atoms with van der Waals surface area (Å²) in [6.07, 6.45) is 9.09. The van der Waals surface area contributed by atoms with Gasteiger partial charge in [-0.2, -0.15) is 0 Å². The van der Waals surface area contributed by atoms with Gasteiger partial charge in [-0.25, -0.2) is 0 Å². The Hall–Kier alpha value is -8.32. The van der Waals surface area contributed by atoms with Crippen LogP contribution in [0.2, 0.25) is 0 Å². The minimum absolute atomic E-state index is 0.121. The van der Waals surface area contributed by atoms with Crippen molar-refractivity contribution in [1.82, 2.24) is 0 Å². The van der Waals surface area contributed by atoms with Crippen molar-refractivity contribution in [3.8, 4) is 11.1 Å². The van der Waals surface area contributed by atoms with Gasteiger partial charge in [0.25, 0.3) is 0 Å². The zero-order valence-electron chi connectivity index (χ0n) is 82.0. The normalized spacial score (nSPS) is 14.1. The average molecular weight is 1580 g/mol. The molecular weight excluding hydrogens is 1410 g/mol. The van der Waals surface area contributed by atoms with Crippen molar-refractivity contribution in [2.45, 2.75) is 315 Å². The Labute approximate surface area is 727 Å². The van der Waals surface area contributed by atoms with Crippen molar-refractivity contribution < 1.29 is 0 Å². The van der Waals surface area contributed by atoms with E-state index in [1.54, 1.807) is 24.8 Å². The third-order valence-corrected chi connectivity index (χ3v) is 19.6. The summed E-state index contributed by atoms with van der Waals surface area (Å²) >= 11 is 0. The quantitative estimate of drug-likeness (QED) is 0.107. The lowest BCUT2D eigenvalue weighted by atomic mass is 9.48. The molecule has 4 saturated carbocycles. The van der Waals surface area contributed by atoms with Crippen LogP contribution in [0.5, 0.6) is 0 Å². The highest BCUT2D eigenvalue weighted by Gasteiger charge is 2.51. The minimum Gasteiger partial charge on any atom is -0.0683 e. The van der Waals surface area contributed by atoms with E-state index in [0.717, 1.165) is 23.7 Å². The molecule has 11 aromatic rings. The second-order valence-electron chi connectivity index (χ2n) is 29.4. The molecule has 0 nitrogen and oxygen atoms in total. The summed E-state index contributed by atoms with van der Waals surface area (Å²) in [6.45, 7) is 73.1. The molecule has 4 aliphatic rings. The SMILES string of the molecule is CC.CC.CC.CC.CC.CC.CC.CC.CC.CC.CC.CC(C)C.CC(C)C(c1ccccc1)(c1ccccc1)c1ccccc1.CC(C)C(c1ccccc1)c1ccccc1.CC(C)c1ccc(-c2ccccc2)cc1.CC(C)c1ccc(C23CC4CC(CC(C4)C2)C3)cc1.CC(C)c1ccccc1.c1ccc2ccccc2c1. The maximum atomic E-state index is 2.46. The number of benzene rings is 11. The first-order valence-electron chi connectivity index (χ1n) is 47.0. The summed E-state index contributed by atoms with van der Waals surface area (Å²) in [7, 11) is 0. The first-order valence-corrected chi connectivity index (χ1v) is 47.0. The van der Waals surface area contributed by atoms with Gasteiger partial charge in [-0.1, -0.05) is 552 Å². The van der Waals surface area contributed by atoms with Crippen LogP contribution in [0, 0.1) is 35.5 Å². The maximum absolute atomic E-state index is 2.46. The van der Waals surface area contributed by atoms with Crippen LogP contribution in [0.25, 0.3) is 21.9 Å². The number of hydrogen-bond acceptors (Lipinski definition) is 0. The highest BCUT2D eigenvalue weighted by Crippen LogP contribution is 2.61. The van der Waals surface area contributed by atoms with Gasteiger partial charge in [0.15, 0.2) is 0 Å². The van der Waals surface area contributed by atoms with Crippen molar-refractivity contribution in [3.63, 3.8) is 0 Å². The fourth-order valence-corrected chi connectivity index (χ4v) is 15.2. The number of rotatable bonds is 12. The molecule has 0 atom stereocenters. The molecule has 0 unspecified atom stereocenters. The smallest absolute Gasteiger partial charge is 0.0474 e. The molecule has 117 heavy (non-hydrogen) atoms. The monoisotopic (exact) mass is 1580 g/mol. The molecule has 0 spiro atoms. The van der Waals surface area contributed by atoms with Crippen LogP contribution < -0.4 is 0 Å². The fraction of sp³-hybridized carbons (Fsp3) is 0.453. The van der Waals surface area contributed by atoms with Gasteiger partial charge in [-0.05, 0) is 169 Å². The second kappa shape index (κ2) is 72.9. The molecule has 0 radical (unpaired) electrons. The highest BCUT2D eigenvalue weighted by molar-refractivity contribution is 5.82. The van der Waals surface area contributed by atoms with Crippen LogP contribution in [0.15, 0.2) is 309 Å². The predicted molar refractivity (Wildman–Crippen MR) is 540 cm³/mol. The second-order valence-corrected chi connectivity index (χ2v) is 29.4.